The number of rotatable bonds is 9. The minimum Gasteiger partial charge on any atom is -0.352 e. The van der Waals surface area contributed by atoms with Gasteiger partial charge in [0.1, 0.15) is 6.04 Å². The van der Waals surface area contributed by atoms with Crippen molar-refractivity contribution in [1.82, 2.24) is 10.2 Å². The molecule has 32 heavy (non-hydrogen) atoms. The van der Waals surface area contributed by atoms with Crippen LogP contribution < -0.4 is 5.32 Å². The molecule has 1 saturated carbocycles. The van der Waals surface area contributed by atoms with Gasteiger partial charge in [0.2, 0.25) is 11.8 Å². The van der Waals surface area contributed by atoms with E-state index in [0.29, 0.717) is 12.0 Å². The van der Waals surface area contributed by atoms with Crippen LogP contribution in [0.15, 0.2) is 48.5 Å². The molecule has 2 amide bonds. The molecular weight excluding hydrogens is 406 g/mol. The van der Waals surface area contributed by atoms with Gasteiger partial charge in [-0.1, -0.05) is 67.8 Å². The van der Waals surface area contributed by atoms with Gasteiger partial charge in [-0.3, -0.25) is 19.7 Å². The maximum Gasteiger partial charge on any atom is 0.273 e. The molecule has 1 fully saturated rings. The van der Waals surface area contributed by atoms with E-state index in [1.807, 2.05) is 38.1 Å². The molecule has 0 saturated heterocycles. The molecule has 0 aliphatic heterocycles. The summed E-state index contributed by atoms with van der Waals surface area (Å²) in [5.74, 6) is -0.448. The van der Waals surface area contributed by atoms with Gasteiger partial charge in [-0.25, -0.2) is 0 Å². The Morgan fingerprint density at radius 3 is 2.41 bits per heavy atom. The summed E-state index contributed by atoms with van der Waals surface area (Å²) in [6, 6.07) is 13.6. The number of carbonyl (C=O) groups excluding carboxylic acids is 2. The number of hydrogen-bond acceptors (Lipinski definition) is 4. The average Bonchev–Trinajstić information content (AvgIpc) is 3.28. The van der Waals surface area contributed by atoms with Crippen LogP contribution in [0.25, 0.3) is 0 Å². The molecule has 1 atom stereocenters. The Morgan fingerprint density at radius 1 is 1.12 bits per heavy atom. The van der Waals surface area contributed by atoms with Crippen molar-refractivity contribution in [2.75, 3.05) is 0 Å². The fourth-order valence-corrected chi connectivity index (χ4v) is 4.28. The summed E-state index contributed by atoms with van der Waals surface area (Å²) in [5, 5.41) is 14.5. The highest BCUT2D eigenvalue weighted by atomic mass is 16.6. The van der Waals surface area contributed by atoms with E-state index in [2.05, 4.69) is 5.32 Å². The lowest BCUT2D eigenvalue weighted by Gasteiger charge is -2.31. The number of nitro benzene ring substituents is 1. The third kappa shape index (κ3) is 5.93. The summed E-state index contributed by atoms with van der Waals surface area (Å²) < 4.78 is 0. The topological polar surface area (TPSA) is 92.6 Å². The first-order valence-electron chi connectivity index (χ1n) is 11.3. The molecule has 1 aliphatic carbocycles. The highest BCUT2D eigenvalue weighted by Gasteiger charge is 2.31. The molecule has 170 valence electrons. The Bertz CT molecular complexity index is 952. The number of amides is 2. The van der Waals surface area contributed by atoms with Gasteiger partial charge in [-0.05, 0) is 31.7 Å². The van der Waals surface area contributed by atoms with Gasteiger partial charge in [0.05, 0.1) is 11.3 Å². The predicted molar refractivity (Wildman–Crippen MR) is 123 cm³/mol. The lowest BCUT2D eigenvalue weighted by Crippen LogP contribution is -2.51. The quantitative estimate of drug-likeness (QED) is 0.467. The molecule has 1 aliphatic rings. The monoisotopic (exact) mass is 437 g/mol. The summed E-state index contributed by atoms with van der Waals surface area (Å²) in [6.07, 6.45) is 4.47. The van der Waals surface area contributed by atoms with E-state index in [-0.39, 0.29) is 36.5 Å². The molecule has 0 bridgehead atoms. The van der Waals surface area contributed by atoms with Crippen molar-refractivity contribution < 1.29 is 14.5 Å². The SMILES string of the molecule is CCC(C(=O)NC1CCCC1)N(Cc1ccc(C)cc1)C(=O)Cc1ccccc1[N+](=O)[O-]. The van der Waals surface area contributed by atoms with E-state index in [9.17, 15) is 19.7 Å². The van der Waals surface area contributed by atoms with Crippen LogP contribution >= 0.6 is 0 Å². The Labute approximate surface area is 189 Å². The smallest absolute Gasteiger partial charge is 0.273 e. The van der Waals surface area contributed by atoms with Gasteiger partial charge >= 0.3 is 0 Å². The fraction of sp³-hybridized carbons (Fsp3) is 0.440. The average molecular weight is 438 g/mol. The van der Waals surface area contributed by atoms with Crippen molar-refractivity contribution in [2.24, 2.45) is 0 Å². The number of hydrogen-bond donors (Lipinski definition) is 1. The Morgan fingerprint density at radius 2 is 1.78 bits per heavy atom. The zero-order valence-electron chi connectivity index (χ0n) is 18.8. The second kappa shape index (κ2) is 10.9. The molecular formula is C25H31N3O4. The van der Waals surface area contributed by atoms with E-state index < -0.39 is 11.0 Å². The molecule has 3 rings (SSSR count). The predicted octanol–water partition coefficient (Wildman–Crippen LogP) is 4.31. The molecule has 1 N–H and O–H groups in total. The van der Waals surface area contributed by atoms with Crippen LogP contribution in [-0.4, -0.2) is 33.7 Å². The molecule has 2 aromatic carbocycles. The fourth-order valence-electron chi connectivity index (χ4n) is 4.28. The second-order valence-electron chi connectivity index (χ2n) is 8.48. The van der Waals surface area contributed by atoms with E-state index in [1.165, 1.54) is 6.07 Å². The maximum atomic E-state index is 13.4. The Hall–Kier alpha value is -3.22. The summed E-state index contributed by atoms with van der Waals surface area (Å²) in [6.45, 7) is 4.15. The molecule has 0 spiro atoms. The molecule has 0 aromatic heterocycles. The molecule has 0 heterocycles. The zero-order chi connectivity index (χ0) is 23.1. The van der Waals surface area contributed by atoms with Gasteiger partial charge in [-0.15, -0.1) is 0 Å². The minimum atomic E-state index is -0.632. The van der Waals surface area contributed by atoms with E-state index in [0.717, 1.165) is 36.8 Å². The van der Waals surface area contributed by atoms with Crippen LogP contribution in [0.5, 0.6) is 0 Å². The number of benzene rings is 2. The Balaban J connectivity index is 1.86. The molecule has 2 aromatic rings. The van der Waals surface area contributed by atoms with Gasteiger partial charge in [0.15, 0.2) is 0 Å². The van der Waals surface area contributed by atoms with E-state index in [1.54, 1.807) is 23.1 Å². The molecule has 1 unspecified atom stereocenters. The highest BCUT2D eigenvalue weighted by molar-refractivity contribution is 5.89. The standard InChI is InChI=1S/C25H31N3O4/c1-3-22(25(30)26-21-9-5-6-10-21)27(17-19-14-12-18(2)13-15-19)24(29)16-20-8-4-7-11-23(20)28(31)32/h4,7-8,11-15,21-22H,3,5-6,9-10,16-17H2,1-2H3,(H,26,30). The van der Waals surface area contributed by atoms with Crippen molar-refractivity contribution in [2.45, 2.75) is 71.0 Å². The first-order valence-corrected chi connectivity index (χ1v) is 11.3. The third-order valence-electron chi connectivity index (χ3n) is 6.09. The third-order valence-corrected chi connectivity index (χ3v) is 6.09. The van der Waals surface area contributed by atoms with Crippen LogP contribution in [0.1, 0.15) is 55.7 Å². The molecule has 7 nitrogen and oxygen atoms in total. The van der Waals surface area contributed by atoms with Crippen LogP contribution in [0.2, 0.25) is 0 Å². The van der Waals surface area contributed by atoms with Gasteiger partial charge in [-0.2, -0.15) is 0 Å². The first-order chi connectivity index (χ1) is 15.4. The van der Waals surface area contributed by atoms with Gasteiger partial charge in [0.25, 0.3) is 5.69 Å². The highest BCUT2D eigenvalue weighted by Crippen LogP contribution is 2.22. The lowest BCUT2D eigenvalue weighted by atomic mass is 10.0. The summed E-state index contributed by atoms with van der Waals surface area (Å²) in [4.78, 5) is 39.1. The van der Waals surface area contributed by atoms with Crippen LogP contribution in [0.3, 0.4) is 0 Å². The van der Waals surface area contributed by atoms with Crippen molar-refractivity contribution in [3.63, 3.8) is 0 Å². The number of aryl methyl sites for hydroxylation is 1. The largest absolute Gasteiger partial charge is 0.352 e. The normalized spacial score (nSPS) is 14.7. The van der Waals surface area contributed by atoms with Crippen LogP contribution in [-0.2, 0) is 22.6 Å². The second-order valence-corrected chi connectivity index (χ2v) is 8.48. The number of nitrogens with zero attached hydrogens (tertiary/aromatic N) is 2. The summed E-state index contributed by atoms with van der Waals surface area (Å²) in [5.41, 5.74) is 2.29. The van der Waals surface area contributed by atoms with Crippen LogP contribution in [0, 0.1) is 17.0 Å². The van der Waals surface area contributed by atoms with Crippen LogP contribution in [0.4, 0.5) is 5.69 Å². The zero-order valence-corrected chi connectivity index (χ0v) is 18.8. The van der Waals surface area contributed by atoms with Gasteiger partial charge < -0.3 is 10.2 Å². The van der Waals surface area contributed by atoms with Crippen molar-refractivity contribution in [1.29, 1.82) is 0 Å². The van der Waals surface area contributed by atoms with Crippen molar-refractivity contribution in [3.8, 4) is 0 Å². The Kier molecular flexibility index (Phi) is 7.98. The molecule has 0 radical (unpaired) electrons. The van der Waals surface area contributed by atoms with Crippen molar-refractivity contribution in [3.05, 3.63) is 75.3 Å². The maximum absolute atomic E-state index is 13.4. The summed E-state index contributed by atoms with van der Waals surface area (Å²) >= 11 is 0. The van der Waals surface area contributed by atoms with E-state index >= 15 is 0 Å². The lowest BCUT2D eigenvalue weighted by molar-refractivity contribution is -0.385. The number of nitrogens with one attached hydrogen (secondary N) is 1. The minimum absolute atomic E-state index is 0.0837. The summed E-state index contributed by atoms with van der Waals surface area (Å²) in [7, 11) is 0. The van der Waals surface area contributed by atoms with Gasteiger partial charge in [0, 0.05) is 24.2 Å². The molecule has 7 heteroatoms. The first kappa shape index (κ1) is 23.4. The van der Waals surface area contributed by atoms with Crippen molar-refractivity contribution >= 4 is 17.5 Å². The number of nitro groups is 1. The van der Waals surface area contributed by atoms with E-state index in [4.69, 9.17) is 0 Å². The number of carbonyl (C=O) groups is 2. The number of para-hydroxylation sites is 1.